The minimum Gasteiger partial charge on any atom is -0.368 e. The van der Waals surface area contributed by atoms with Gasteiger partial charge in [-0.1, -0.05) is 0 Å². The van der Waals surface area contributed by atoms with Crippen LogP contribution in [0.4, 0.5) is 10.3 Å². The minimum absolute atomic E-state index is 0.105. The largest absolute Gasteiger partial charge is 0.368 e. The van der Waals surface area contributed by atoms with Crippen molar-refractivity contribution in [2.24, 2.45) is 0 Å². The monoisotopic (exact) mass is 127 g/mol. The van der Waals surface area contributed by atoms with Crippen LogP contribution in [0.3, 0.4) is 0 Å². The zero-order valence-electron chi connectivity index (χ0n) is 4.93. The SMILES string of the molecule is Cc1nc(N)ncc1F. The first-order chi connectivity index (χ1) is 4.20. The second kappa shape index (κ2) is 1.97. The molecule has 4 heteroatoms. The van der Waals surface area contributed by atoms with Crippen LogP contribution in [0.1, 0.15) is 5.69 Å². The van der Waals surface area contributed by atoms with Gasteiger partial charge in [-0.05, 0) is 6.92 Å². The van der Waals surface area contributed by atoms with E-state index in [0.717, 1.165) is 6.20 Å². The highest BCUT2D eigenvalue weighted by molar-refractivity contribution is 5.17. The first-order valence-electron chi connectivity index (χ1n) is 2.45. The van der Waals surface area contributed by atoms with E-state index in [2.05, 4.69) is 9.97 Å². The molecule has 0 amide bonds. The molecule has 1 rings (SSSR count). The molecule has 0 aromatic carbocycles. The molecular formula is C5H6FN3. The van der Waals surface area contributed by atoms with Crippen molar-refractivity contribution >= 4 is 5.95 Å². The number of rotatable bonds is 0. The molecule has 9 heavy (non-hydrogen) atoms. The Morgan fingerprint density at radius 2 is 2.33 bits per heavy atom. The molecule has 2 N–H and O–H groups in total. The molecule has 0 fully saturated rings. The molecule has 0 atom stereocenters. The topological polar surface area (TPSA) is 51.8 Å². The van der Waals surface area contributed by atoms with Crippen LogP contribution in [-0.2, 0) is 0 Å². The molecule has 0 aliphatic heterocycles. The molecule has 1 aromatic rings. The van der Waals surface area contributed by atoms with Crippen molar-refractivity contribution in [3.05, 3.63) is 17.7 Å². The number of anilines is 1. The van der Waals surface area contributed by atoms with Gasteiger partial charge in [0.15, 0.2) is 5.82 Å². The predicted octanol–water partition coefficient (Wildman–Crippen LogP) is 0.506. The van der Waals surface area contributed by atoms with Crippen molar-refractivity contribution in [2.45, 2.75) is 6.92 Å². The van der Waals surface area contributed by atoms with Crippen LogP contribution >= 0.6 is 0 Å². The maximum absolute atomic E-state index is 12.3. The van der Waals surface area contributed by atoms with Crippen molar-refractivity contribution in [1.82, 2.24) is 9.97 Å². The summed E-state index contributed by atoms with van der Waals surface area (Å²) in [5.41, 5.74) is 5.42. The van der Waals surface area contributed by atoms with Crippen LogP contribution in [0.15, 0.2) is 6.20 Å². The third-order valence-electron chi connectivity index (χ3n) is 0.938. The summed E-state index contributed by atoms with van der Waals surface area (Å²) in [6.07, 6.45) is 1.05. The summed E-state index contributed by atoms with van der Waals surface area (Å²) in [4.78, 5) is 7.00. The van der Waals surface area contributed by atoms with E-state index in [4.69, 9.17) is 5.73 Å². The molecule has 0 aliphatic carbocycles. The number of aryl methyl sites for hydroxylation is 1. The highest BCUT2D eigenvalue weighted by Gasteiger charge is 1.96. The average Bonchev–Trinajstić information content (AvgIpc) is 1.80. The standard InChI is InChI=1S/C5H6FN3/c1-3-4(6)2-8-5(7)9-3/h2H,1H3,(H2,7,8,9). The number of hydrogen-bond donors (Lipinski definition) is 1. The third kappa shape index (κ3) is 1.13. The lowest BCUT2D eigenvalue weighted by molar-refractivity contribution is 0.603. The van der Waals surface area contributed by atoms with Crippen molar-refractivity contribution in [2.75, 3.05) is 5.73 Å². The smallest absolute Gasteiger partial charge is 0.220 e. The van der Waals surface area contributed by atoms with E-state index < -0.39 is 5.82 Å². The van der Waals surface area contributed by atoms with Gasteiger partial charge in [0, 0.05) is 0 Å². The Balaban J connectivity index is 3.17. The molecule has 0 radical (unpaired) electrons. The van der Waals surface area contributed by atoms with Gasteiger partial charge in [-0.2, -0.15) is 0 Å². The lowest BCUT2D eigenvalue weighted by Crippen LogP contribution is -1.97. The summed E-state index contributed by atoms with van der Waals surface area (Å²) in [6, 6.07) is 0. The number of nitrogen functional groups attached to an aromatic ring is 1. The maximum Gasteiger partial charge on any atom is 0.220 e. The summed E-state index contributed by atoms with van der Waals surface area (Å²) in [7, 11) is 0. The Morgan fingerprint density at radius 3 is 2.78 bits per heavy atom. The zero-order chi connectivity index (χ0) is 6.85. The highest BCUT2D eigenvalue weighted by Crippen LogP contribution is 2.00. The quantitative estimate of drug-likeness (QED) is 0.552. The number of nitrogens with two attached hydrogens (primary N) is 1. The van der Waals surface area contributed by atoms with Gasteiger partial charge in [0.2, 0.25) is 5.95 Å². The molecule has 3 nitrogen and oxygen atoms in total. The van der Waals surface area contributed by atoms with Crippen LogP contribution in [0.2, 0.25) is 0 Å². The normalized spacial score (nSPS) is 9.56. The van der Waals surface area contributed by atoms with E-state index in [1.807, 2.05) is 0 Å². The molecule has 0 saturated carbocycles. The maximum atomic E-state index is 12.3. The van der Waals surface area contributed by atoms with E-state index in [1.54, 1.807) is 0 Å². The fourth-order valence-corrected chi connectivity index (χ4v) is 0.470. The number of nitrogens with zero attached hydrogens (tertiary/aromatic N) is 2. The van der Waals surface area contributed by atoms with Crippen molar-refractivity contribution < 1.29 is 4.39 Å². The lowest BCUT2D eigenvalue weighted by Gasteiger charge is -1.93. The summed E-state index contributed by atoms with van der Waals surface area (Å²) in [6.45, 7) is 1.54. The van der Waals surface area contributed by atoms with Crippen LogP contribution in [-0.4, -0.2) is 9.97 Å². The Hall–Kier alpha value is -1.19. The highest BCUT2D eigenvalue weighted by atomic mass is 19.1. The minimum atomic E-state index is -0.427. The number of aromatic nitrogens is 2. The van der Waals surface area contributed by atoms with E-state index in [1.165, 1.54) is 6.92 Å². The van der Waals surface area contributed by atoms with Gasteiger partial charge in [-0.3, -0.25) is 0 Å². The van der Waals surface area contributed by atoms with Crippen molar-refractivity contribution in [3.63, 3.8) is 0 Å². The molecule has 0 spiro atoms. The van der Waals surface area contributed by atoms with E-state index >= 15 is 0 Å². The molecule has 1 aromatic heterocycles. The van der Waals surface area contributed by atoms with E-state index in [9.17, 15) is 4.39 Å². The van der Waals surface area contributed by atoms with Gasteiger partial charge in [-0.25, -0.2) is 14.4 Å². The Kier molecular flexibility index (Phi) is 1.30. The Bertz CT molecular complexity index is 223. The molecule has 48 valence electrons. The van der Waals surface area contributed by atoms with Gasteiger partial charge in [-0.15, -0.1) is 0 Å². The van der Waals surface area contributed by atoms with Gasteiger partial charge in [0.25, 0.3) is 0 Å². The van der Waals surface area contributed by atoms with Crippen molar-refractivity contribution in [3.8, 4) is 0 Å². The van der Waals surface area contributed by atoms with Crippen LogP contribution in [0.25, 0.3) is 0 Å². The molecular weight excluding hydrogens is 121 g/mol. The second-order valence-electron chi connectivity index (χ2n) is 1.66. The fourth-order valence-electron chi connectivity index (χ4n) is 0.470. The first-order valence-corrected chi connectivity index (χ1v) is 2.45. The zero-order valence-corrected chi connectivity index (χ0v) is 4.93. The van der Waals surface area contributed by atoms with E-state index in [-0.39, 0.29) is 11.6 Å². The van der Waals surface area contributed by atoms with Gasteiger partial charge in [0.1, 0.15) is 0 Å². The summed E-state index contributed by atoms with van der Waals surface area (Å²) < 4.78 is 12.3. The van der Waals surface area contributed by atoms with Crippen molar-refractivity contribution in [1.29, 1.82) is 0 Å². The van der Waals surface area contributed by atoms with Gasteiger partial charge >= 0.3 is 0 Å². The second-order valence-corrected chi connectivity index (χ2v) is 1.66. The Morgan fingerprint density at radius 1 is 1.67 bits per heavy atom. The van der Waals surface area contributed by atoms with Gasteiger partial charge < -0.3 is 5.73 Å². The lowest BCUT2D eigenvalue weighted by atomic mass is 10.4. The number of halogens is 1. The molecule has 0 unspecified atom stereocenters. The molecule has 0 saturated heterocycles. The summed E-state index contributed by atoms with van der Waals surface area (Å²) in [5.74, 6) is -0.321. The Labute approximate surface area is 51.7 Å². The first kappa shape index (κ1) is 5.94. The van der Waals surface area contributed by atoms with Gasteiger partial charge in [0.05, 0.1) is 11.9 Å². The molecule has 1 heterocycles. The molecule has 0 bridgehead atoms. The van der Waals surface area contributed by atoms with E-state index in [0.29, 0.717) is 0 Å². The summed E-state index contributed by atoms with van der Waals surface area (Å²) >= 11 is 0. The molecule has 0 aliphatic rings. The fraction of sp³-hybridized carbons (Fsp3) is 0.200. The number of hydrogen-bond acceptors (Lipinski definition) is 3. The van der Waals surface area contributed by atoms with Crippen LogP contribution in [0.5, 0.6) is 0 Å². The van der Waals surface area contributed by atoms with Crippen LogP contribution < -0.4 is 5.73 Å². The average molecular weight is 127 g/mol. The third-order valence-corrected chi connectivity index (χ3v) is 0.938. The van der Waals surface area contributed by atoms with Crippen LogP contribution in [0, 0.1) is 12.7 Å². The predicted molar refractivity (Wildman–Crippen MR) is 31.1 cm³/mol. The summed E-state index contributed by atoms with van der Waals surface area (Å²) in [5, 5.41) is 0.